The third-order valence-corrected chi connectivity index (χ3v) is 5.08. The first kappa shape index (κ1) is 13.6. The van der Waals surface area contributed by atoms with Crippen LogP contribution >= 0.6 is 27.3 Å². The van der Waals surface area contributed by atoms with Crippen molar-refractivity contribution in [3.05, 3.63) is 50.6 Å². The Labute approximate surface area is 130 Å². The van der Waals surface area contributed by atoms with Gasteiger partial charge in [0, 0.05) is 17.1 Å². The molecule has 0 saturated heterocycles. The van der Waals surface area contributed by atoms with E-state index in [9.17, 15) is 4.79 Å². The lowest BCUT2D eigenvalue weighted by Crippen LogP contribution is -2.37. The van der Waals surface area contributed by atoms with Gasteiger partial charge in [-0.1, -0.05) is 18.2 Å². The van der Waals surface area contributed by atoms with Gasteiger partial charge in [-0.3, -0.25) is 4.79 Å². The van der Waals surface area contributed by atoms with E-state index in [2.05, 4.69) is 38.7 Å². The highest BCUT2D eigenvalue weighted by Gasteiger charge is 2.23. The molecule has 5 heteroatoms. The fraction of sp³-hybridized carbons (Fsp3) is 0.267. The molecule has 104 valence electrons. The van der Waals surface area contributed by atoms with Gasteiger partial charge in [0.1, 0.15) is 0 Å². The van der Waals surface area contributed by atoms with E-state index >= 15 is 0 Å². The molecule has 1 aromatic heterocycles. The SMILES string of the molecule is O=C(NCc1ccc(Br)s1)C1CNc2ccccc2C1. The zero-order valence-electron chi connectivity index (χ0n) is 10.9. The molecule has 1 amide bonds. The number of halogens is 1. The van der Waals surface area contributed by atoms with Gasteiger partial charge >= 0.3 is 0 Å². The highest BCUT2D eigenvalue weighted by molar-refractivity contribution is 9.11. The molecule has 2 N–H and O–H groups in total. The van der Waals surface area contributed by atoms with Crippen molar-refractivity contribution in [2.45, 2.75) is 13.0 Å². The van der Waals surface area contributed by atoms with Crippen LogP contribution in [0.3, 0.4) is 0 Å². The Morgan fingerprint density at radius 2 is 2.20 bits per heavy atom. The fourth-order valence-electron chi connectivity index (χ4n) is 2.39. The van der Waals surface area contributed by atoms with Crippen LogP contribution in [0.15, 0.2) is 40.2 Å². The summed E-state index contributed by atoms with van der Waals surface area (Å²) in [5, 5.41) is 6.35. The molecule has 1 unspecified atom stereocenters. The van der Waals surface area contributed by atoms with Crippen molar-refractivity contribution in [3.63, 3.8) is 0 Å². The number of para-hydroxylation sites is 1. The number of amides is 1. The lowest BCUT2D eigenvalue weighted by molar-refractivity contribution is -0.124. The molecule has 20 heavy (non-hydrogen) atoms. The van der Waals surface area contributed by atoms with Crippen LogP contribution in [0, 0.1) is 5.92 Å². The Bertz CT molecular complexity index is 626. The van der Waals surface area contributed by atoms with Crippen LogP contribution in [0.4, 0.5) is 5.69 Å². The molecule has 2 aromatic rings. The van der Waals surface area contributed by atoms with Gasteiger partial charge in [-0.05, 0) is 46.1 Å². The van der Waals surface area contributed by atoms with Crippen molar-refractivity contribution in [3.8, 4) is 0 Å². The van der Waals surface area contributed by atoms with Gasteiger partial charge < -0.3 is 10.6 Å². The van der Waals surface area contributed by atoms with Crippen LogP contribution in [0.2, 0.25) is 0 Å². The minimum Gasteiger partial charge on any atom is -0.384 e. The zero-order chi connectivity index (χ0) is 13.9. The van der Waals surface area contributed by atoms with Crippen LogP contribution in [0.25, 0.3) is 0 Å². The second kappa shape index (κ2) is 5.97. The molecular formula is C15H15BrN2OS. The first-order chi connectivity index (χ1) is 9.72. The number of nitrogens with one attached hydrogen (secondary N) is 2. The summed E-state index contributed by atoms with van der Waals surface area (Å²) in [6.45, 7) is 1.31. The van der Waals surface area contributed by atoms with E-state index in [1.54, 1.807) is 11.3 Å². The molecule has 3 nitrogen and oxygen atoms in total. The smallest absolute Gasteiger partial charge is 0.225 e. The van der Waals surface area contributed by atoms with Gasteiger partial charge in [0.05, 0.1) is 16.2 Å². The first-order valence-corrected chi connectivity index (χ1v) is 8.17. The number of rotatable bonds is 3. The van der Waals surface area contributed by atoms with Crippen molar-refractivity contribution in [2.75, 3.05) is 11.9 Å². The summed E-state index contributed by atoms with van der Waals surface area (Å²) in [4.78, 5) is 13.4. The molecule has 1 aromatic carbocycles. The normalized spacial score (nSPS) is 17.1. The Kier molecular flexibility index (Phi) is 4.08. The standard InChI is InChI=1S/C15H15BrN2OS/c16-14-6-5-12(20-14)9-18-15(19)11-7-10-3-1-2-4-13(10)17-8-11/h1-6,11,17H,7-9H2,(H,18,19). The van der Waals surface area contributed by atoms with Crippen LogP contribution in [-0.2, 0) is 17.8 Å². The van der Waals surface area contributed by atoms with Crippen molar-refractivity contribution < 1.29 is 4.79 Å². The van der Waals surface area contributed by atoms with E-state index < -0.39 is 0 Å². The highest BCUT2D eigenvalue weighted by atomic mass is 79.9. The number of carbonyl (C=O) groups excluding carboxylic acids is 1. The summed E-state index contributed by atoms with van der Waals surface area (Å²) < 4.78 is 1.09. The molecule has 2 heterocycles. The third-order valence-electron chi connectivity index (χ3n) is 3.46. The van der Waals surface area contributed by atoms with E-state index in [1.807, 2.05) is 24.3 Å². The van der Waals surface area contributed by atoms with E-state index in [1.165, 1.54) is 5.56 Å². The summed E-state index contributed by atoms with van der Waals surface area (Å²) in [5.74, 6) is 0.129. The topological polar surface area (TPSA) is 41.1 Å². The summed E-state index contributed by atoms with van der Waals surface area (Å²) in [6.07, 6.45) is 0.809. The number of benzene rings is 1. The maximum absolute atomic E-state index is 12.2. The average Bonchev–Trinajstić information content (AvgIpc) is 2.90. The maximum Gasteiger partial charge on any atom is 0.225 e. The largest absolute Gasteiger partial charge is 0.384 e. The van der Waals surface area contributed by atoms with E-state index in [0.29, 0.717) is 13.1 Å². The summed E-state index contributed by atoms with van der Waals surface area (Å²) in [7, 11) is 0. The molecule has 0 fully saturated rings. The van der Waals surface area contributed by atoms with Gasteiger partial charge in [0.15, 0.2) is 0 Å². The van der Waals surface area contributed by atoms with Gasteiger partial charge in [-0.25, -0.2) is 0 Å². The Balaban J connectivity index is 1.59. The minimum atomic E-state index is 0.00769. The van der Waals surface area contributed by atoms with Crippen LogP contribution in [-0.4, -0.2) is 12.5 Å². The van der Waals surface area contributed by atoms with E-state index in [-0.39, 0.29) is 11.8 Å². The predicted molar refractivity (Wildman–Crippen MR) is 86.0 cm³/mol. The summed E-state index contributed by atoms with van der Waals surface area (Å²) >= 11 is 5.08. The molecule has 1 aliphatic rings. The second-order valence-electron chi connectivity index (χ2n) is 4.86. The Morgan fingerprint density at radius 1 is 1.35 bits per heavy atom. The van der Waals surface area contributed by atoms with Gasteiger partial charge in [0.25, 0.3) is 0 Å². The lowest BCUT2D eigenvalue weighted by Gasteiger charge is -2.25. The maximum atomic E-state index is 12.2. The number of anilines is 1. The summed E-state index contributed by atoms with van der Waals surface area (Å²) in [5.41, 5.74) is 2.37. The monoisotopic (exact) mass is 350 g/mol. The number of thiophene rings is 1. The van der Waals surface area contributed by atoms with Crippen molar-refractivity contribution >= 4 is 38.9 Å². The minimum absolute atomic E-state index is 0.00769. The molecular weight excluding hydrogens is 336 g/mol. The zero-order valence-corrected chi connectivity index (χ0v) is 13.3. The number of fused-ring (bicyclic) bond motifs is 1. The predicted octanol–water partition coefficient (Wildman–Crippen LogP) is 3.41. The number of hydrogen-bond acceptors (Lipinski definition) is 3. The highest BCUT2D eigenvalue weighted by Crippen LogP contribution is 2.25. The van der Waals surface area contributed by atoms with Crippen molar-refractivity contribution in [1.29, 1.82) is 0 Å². The van der Waals surface area contributed by atoms with Gasteiger partial charge in [0.2, 0.25) is 5.91 Å². The van der Waals surface area contributed by atoms with Crippen LogP contribution in [0.1, 0.15) is 10.4 Å². The molecule has 0 spiro atoms. The van der Waals surface area contributed by atoms with Gasteiger partial charge in [-0.15, -0.1) is 11.3 Å². The summed E-state index contributed by atoms with van der Waals surface area (Å²) in [6, 6.07) is 12.2. The van der Waals surface area contributed by atoms with E-state index in [4.69, 9.17) is 0 Å². The number of carbonyl (C=O) groups is 1. The van der Waals surface area contributed by atoms with E-state index in [0.717, 1.165) is 20.8 Å². The second-order valence-corrected chi connectivity index (χ2v) is 7.41. The Morgan fingerprint density at radius 3 is 3.00 bits per heavy atom. The third kappa shape index (κ3) is 3.04. The molecule has 1 aliphatic heterocycles. The van der Waals surface area contributed by atoms with Crippen LogP contribution in [0.5, 0.6) is 0 Å². The molecule has 0 aliphatic carbocycles. The Hall–Kier alpha value is -1.33. The van der Waals surface area contributed by atoms with Crippen LogP contribution < -0.4 is 10.6 Å². The molecule has 0 saturated carbocycles. The number of hydrogen-bond donors (Lipinski definition) is 2. The molecule has 0 radical (unpaired) electrons. The first-order valence-electron chi connectivity index (χ1n) is 6.56. The average molecular weight is 351 g/mol. The molecule has 1 atom stereocenters. The molecule has 3 rings (SSSR count). The lowest BCUT2D eigenvalue weighted by atomic mass is 9.93. The molecule has 0 bridgehead atoms. The van der Waals surface area contributed by atoms with Crippen molar-refractivity contribution in [1.82, 2.24) is 5.32 Å². The van der Waals surface area contributed by atoms with Crippen molar-refractivity contribution in [2.24, 2.45) is 5.92 Å². The quantitative estimate of drug-likeness (QED) is 0.890. The fourth-order valence-corrected chi connectivity index (χ4v) is 3.82. The van der Waals surface area contributed by atoms with Gasteiger partial charge in [-0.2, -0.15) is 0 Å².